The summed E-state index contributed by atoms with van der Waals surface area (Å²) in [6, 6.07) is 12.1. The van der Waals surface area contributed by atoms with Crippen molar-refractivity contribution in [3.05, 3.63) is 71.5 Å². The average molecular weight is 310 g/mol. The van der Waals surface area contributed by atoms with Gasteiger partial charge in [-0.3, -0.25) is 4.98 Å². The Labute approximate surface area is 131 Å². The number of nitriles is 1. The van der Waals surface area contributed by atoms with Crippen molar-refractivity contribution in [3.8, 4) is 28.3 Å². The zero-order chi connectivity index (χ0) is 15.5. The Morgan fingerprint density at radius 3 is 2.27 bits per heavy atom. The number of rotatable bonds is 2. The molecule has 0 saturated heterocycles. The van der Waals surface area contributed by atoms with Crippen molar-refractivity contribution in [2.75, 3.05) is 0 Å². The third-order valence-corrected chi connectivity index (χ3v) is 3.53. The Kier molecular flexibility index (Phi) is 3.82. The fourth-order valence-electron chi connectivity index (χ4n) is 2.09. The molecule has 0 aliphatic rings. The molecule has 0 aliphatic heterocycles. The Bertz CT molecular complexity index is 870. The van der Waals surface area contributed by atoms with Crippen LogP contribution in [-0.2, 0) is 0 Å². The number of hydrogen-bond donors (Lipinski definition) is 0. The molecule has 1 aromatic carbocycles. The second-order valence-corrected chi connectivity index (χ2v) is 5.05. The van der Waals surface area contributed by atoms with Gasteiger partial charge in [0.15, 0.2) is 0 Å². The first-order valence-corrected chi connectivity index (χ1v) is 6.82. The summed E-state index contributed by atoms with van der Waals surface area (Å²) in [6.07, 6.45) is 4.85. The third-order valence-electron chi connectivity index (χ3n) is 3.22. The summed E-state index contributed by atoms with van der Waals surface area (Å²) in [4.78, 5) is 7.85. The molecule has 0 bridgehead atoms. The topological polar surface area (TPSA) is 49.6 Å². The van der Waals surface area contributed by atoms with Crippen LogP contribution in [0.25, 0.3) is 22.3 Å². The Morgan fingerprint density at radius 2 is 1.64 bits per heavy atom. The first-order chi connectivity index (χ1) is 10.7. The number of aromatic nitrogens is 2. The van der Waals surface area contributed by atoms with Crippen LogP contribution in [-0.4, -0.2) is 9.97 Å². The van der Waals surface area contributed by atoms with Crippen LogP contribution in [0, 0.1) is 17.3 Å². The van der Waals surface area contributed by atoms with Gasteiger partial charge >= 0.3 is 0 Å². The molecule has 0 N–H and O–H groups in total. The van der Waals surface area contributed by atoms with Gasteiger partial charge in [0.1, 0.15) is 6.07 Å². The van der Waals surface area contributed by atoms with E-state index in [1.54, 1.807) is 30.6 Å². The normalized spacial score (nSPS) is 10.2. The molecule has 0 atom stereocenters. The number of halogens is 2. The second kappa shape index (κ2) is 5.92. The molecule has 0 amide bonds. The van der Waals surface area contributed by atoms with Gasteiger partial charge in [0.2, 0.25) is 5.95 Å². The molecule has 2 aromatic heterocycles. The van der Waals surface area contributed by atoms with E-state index in [1.165, 1.54) is 12.3 Å². The maximum atomic E-state index is 12.9. The highest BCUT2D eigenvalue weighted by atomic mass is 35.5. The fourth-order valence-corrected chi connectivity index (χ4v) is 2.31. The Morgan fingerprint density at radius 1 is 0.909 bits per heavy atom. The van der Waals surface area contributed by atoms with Crippen molar-refractivity contribution in [3.63, 3.8) is 0 Å². The maximum Gasteiger partial charge on any atom is 0.212 e. The van der Waals surface area contributed by atoms with E-state index < -0.39 is 5.95 Å². The van der Waals surface area contributed by atoms with Crippen LogP contribution in [0.5, 0.6) is 0 Å². The van der Waals surface area contributed by atoms with E-state index in [1.807, 2.05) is 18.2 Å². The Balaban J connectivity index is 2.03. The fraction of sp³-hybridized carbons (Fsp3) is 0. The predicted molar refractivity (Wildman–Crippen MR) is 82.6 cm³/mol. The summed E-state index contributed by atoms with van der Waals surface area (Å²) in [6.45, 7) is 0. The Hall–Kier alpha value is -2.77. The minimum Gasteiger partial charge on any atom is -0.263 e. The molecule has 3 nitrogen and oxygen atoms in total. The van der Waals surface area contributed by atoms with E-state index in [-0.39, 0.29) is 0 Å². The van der Waals surface area contributed by atoms with Gasteiger partial charge in [0.05, 0.1) is 10.6 Å². The van der Waals surface area contributed by atoms with Crippen LogP contribution in [0.3, 0.4) is 0 Å². The van der Waals surface area contributed by atoms with Gasteiger partial charge in [-0.05, 0) is 35.9 Å². The predicted octanol–water partition coefficient (Wildman–Crippen LogP) is 4.47. The van der Waals surface area contributed by atoms with Crippen molar-refractivity contribution in [1.29, 1.82) is 5.26 Å². The van der Waals surface area contributed by atoms with Gasteiger partial charge in [-0.25, -0.2) is 4.98 Å². The summed E-state index contributed by atoms with van der Waals surface area (Å²) < 4.78 is 12.9. The van der Waals surface area contributed by atoms with E-state index in [2.05, 4.69) is 9.97 Å². The molecule has 22 heavy (non-hydrogen) atoms. The lowest BCUT2D eigenvalue weighted by atomic mass is 10.0. The van der Waals surface area contributed by atoms with Crippen LogP contribution >= 0.6 is 11.6 Å². The van der Waals surface area contributed by atoms with Crippen LogP contribution in [0.1, 0.15) is 5.56 Å². The van der Waals surface area contributed by atoms with Gasteiger partial charge in [-0.2, -0.15) is 9.65 Å². The number of hydrogen-bond acceptors (Lipinski definition) is 3. The lowest BCUT2D eigenvalue weighted by Gasteiger charge is -2.06. The van der Waals surface area contributed by atoms with E-state index in [4.69, 9.17) is 16.9 Å². The molecular weight excluding hydrogens is 301 g/mol. The van der Waals surface area contributed by atoms with E-state index in [0.717, 1.165) is 22.3 Å². The highest BCUT2D eigenvalue weighted by molar-refractivity contribution is 6.32. The SMILES string of the molecule is N#Cc1ccc(-c2cncc(-c3ccc(F)nc3)c2)cc1Cl. The molecule has 0 saturated carbocycles. The van der Waals surface area contributed by atoms with Gasteiger partial charge in [0.25, 0.3) is 0 Å². The molecule has 3 rings (SSSR count). The first kappa shape index (κ1) is 14.2. The van der Waals surface area contributed by atoms with Crippen LogP contribution < -0.4 is 0 Å². The monoisotopic (exact) mass is 309 g/mol. The van der Waals surface area contributed by atoms with Crippen molar-refractivity contribution >= 4 is 11.6 Å². The zero-order valence-electron chi connectivity index (χ0n) is 11.3. The van der Waals surface area contributed by atoms with Gasteiger partial charge in [-0.15, -0.1) is 0 Å². The van der Waals surface area contributed by atoms with Gasteiger partial charge < -0.3 is 0 Å². The van der Waals surface area contributed by atoms with E-state index in [9.17, 15) is 4.39 Å². The molecule has 5 heteroatoms. The summed E-state index contributed by atoms with van der Waals surface area (Å²) in [5.74, 6) is -0.522. The first-order valence-electron chi connectivity index (χ1n) is 6.44. The molecular formula is C17H9ClFN3. The minimum absolute atomic E-state index is 0.397. The summed E-state index contributed by atoms with van der Waals surface area (Å²) in [7, 11) is 0. The quantitative estimate of drug-likeness (QED) is 0.656. The van der Waals surface area contributed by atoms with Gasteiger partial charge in [-0.1, -0.05) is 17.7 Å². The third kappa shape index (κ3) is 2.80. The maximum absolute atomic E-state index is 12.9. The second-order valence-electron chi connectivity index (χ2n) is 4.64. The smallest absolute Gasteiger partial charge is 0.212 e. The summed E-state index contributed by atoms with van der Waals surface area (Å²) >= 11 is 6.06. The standard InChI is InChI=1S/C17H9ClFN3/c18-16-6-11(1-2-12(16)7-20)14-5-15(9-21-8-14)13-3-4-17(19)22-10-13/h1-6,8-10H. The number of nitrogens with zero attached hydrogens (tertiary/aromatic N) is 3. The number of benzene rings is 1. The van der Waals surface area contributed by atoms with Gasteiger partial charge in [0, 0.05) is 35.3 Å². The minimum atomic E-state index is -0.522. The van der Waals surface area contributed by atoms with Crippen molar-refractivity contribution in [2.24, 2.45) is 0 Å². The molecule has 2 heterocycles. The lowest BCUT2D eigenvalue weighted by Crippen LogP contribution is -1.87. The van der Waals surface area contributed by atoms with E-state index in [0.29, 0.717) is 10.6 Å². The molecule has 106 valence electrons. The van der Waals surface area contributed by atoms with Crippen LogP contribution in [0.15, 0.2) is 55.0 Å². The van der Waals surface area contributed by atoms with E-state index >= 15 is 0 Å². The van der Waals surface area contributed by atoms with Crippen molar-refractivity contribution in [2.45, 2.75) is 0 Å². The molecule has 3 aromatic rings. The largest absolute Gasteiger partial charge is 0.263 e. The summed E-state index contributed by atoms with van der Waals surface area (Å²) in [5, 5.41) is 9.31. The van der Waals surface area contributed by atoms with Crippen molar-refractivity contribution in [1.82, 2.24) is 9.97 Å². The van der Waals surface area contributed by atoms with Crippen molar-refractivity contribution < 1.29 is 4.39 Å². The zero-order valence-corrected chi connectivity index (χ0v) is 12.0. The van der Waals surface area contributed by atoms with Crippen LogP contribution in [0.2, 0.25) is 5.02 Å². The molecule has 0 unspecified atom stereocenters. The average Bonchev–Trinajstić information content (AvgIpc) is 2.55. The molecule has 0 fully saturated rings. The summed E-state index contributed by atoms with van der Waals surface area (Å²) in [5.41, 5.74) is 3.74. The highest BCUT2D eigenvalue weighted by Gasteiger charge is 2.06. The highest BCUT2D eigenvalue weighted by Crippen LogP contribution is 2.28. The van der Waals surface area contributed by atoms with Crippen LogP contribution in [0.4, 0.5) is 4.39 Å². The molecule has 0 aliphatic carbocycles. The molecule has 0 radical (unpaired) electrons. The lowest BCUT2D eigenvalue weighted by molar-refractivity contribution is 0.584. The number of pyridine rings is 2. The molecule has 0 spiro atoms.